The van der Waals surface area contributed by atoms with Gasteiger partial charge < -0.3 is 10.6 Å². The lowest BCUT2D eigenvalue weighted by Gasteiger charge is -2.32. The minimum absolute atomic E-state index is 0.621. The van der Waals surface area contributed by atoms with E-state index in [9.17, 15) is 0 Å². The van der Waals surface area contributed by atoms with Crippen molar-refractivity contribution in [2.45, 2.75) is 57.5 Å². The van der Waals surface area contributed by atoms with Gasteiger partial charge in [-0.1, -0.05) is 39.0 Å². The maximum Gasteiger partial charge on any atom is 0.0254 e. The van der Waals surface area contributed by atoms with Crippen molar-refractivity contribution in [3.05, 3.63) is 0 Å². The van der Waals surface area contributed by atoms with Gasteiger partial charge in [0.1, 0.15) is 0 Å². The molecule has 1 saturated heterocycles. The molecule has 3 atom stereocenters. The number of nitrogens with zero attached hydrogens (tertiary/aromatic N) is 2. The van der Waals surface area contributed by atoms with Crippen molar-refractivity contribution >= 4 is 0 Å². The Morgan fingerprint density at radius 3 is 2.37 bits per heavy atom. The minimum Gasteiger partial charge on any atom is -0.329 e. The number of rotatable bonds is 5. The topological polar surface area (TPSA) is 32.5 Å². The summed E-state index contributed by atoms with van der Waals surface area (Å²) >= 11 is 0. The van der Waals surface area contributed by atoms with Gasteiger partial charge in [0, 0.05) is 31.7 Å². The first-order valence-corrected chi connectivity index (χ1v) is 8.22. The van der Waals surface area contributed by atoms with E-state index in [-0.39, 0.29) is 0 Å². The Balaban J connectivity index is 1.87. The predicted octanol–water partition coefficient (Wildman–Crippen LogP) is 2.17. The first-order chi connectivity index (χ1) is 9.11. The summed E-state index contributed by atoms with van der Waals surface area (Å²) in [6.45, 7) is 5.67. The van der Waals surface area contributed by atoms with Gasteiger partial charge in [0.2, 0.25) is 0 Å². The maximum atomic E-state index is 6.08. The highest BCUT2D eigenvalue weighted by Crippen LogP contribution is 2.30. The summed E-state index contributed by atoms with van der Waals surface area (Å²) in [5.41, 5.74) is 6.08. The van der Waals surface area contributed by atoms with Crippen molar-refractivity contribution in [3.63, 3.8) is 0 Å². The van der Waals surface area contributed by atoms with Crippen molar-refractivity contribution in [1.29, 1.82) is 0 Å². The van der Waals surface area contributed by atoms with Crippen LogP contribution < -0.4 is 5.73 Å². The van der Waals surface area contributed by atoms with Gasteiger partial charge in [0.25, 0.3) is 0 Å². The molecule has 1 saturated carbocycles. The number of likely N-dealkylation sites (tertiary alicyclic amines) is 1. The van der Waals surface area contributed by atoms with E-state index < -0.39 is 0 Å². The fourth-order valence-corrected chi connectivity index (χ4v) is 4.16. The summed E-state index contributed by atoms with van der Waals surface area (Å²) < 4.78 is 0. The van der Waals surface area contributed by atoms with Crippen LogP contribution in [0.25, 0.3) is 0 Å². The van der Waals surface area contributed by atoms with Gasteiger partial charge in [0.05, 0.1) is 0 Å². The molecule has 2 N–H and O–H groups in total. The molecule has 0 bridgehead atoms. The average molecular weight is 267 g/mol. The van der Waals surface area contributed by atoms with Crippen LogP contribution in [0.15, 0.2) is 0 Å². The Morgan fingerprint density at radius 1 is 1.16 bits per heavy atom. The Kier molecular flexibility index (Phi) is 5.67. The monoisotopic (exact) mass is 267 g/mol. The molecule has 1 aliphatic carbocycles. The number of likely N-dealkylation sites (N-methyl/N-ethyl adjacent to an activating group) is 1. The van der Waals surface area contributed by atoms with Crippen LogP contribution in [0, 0.1) is 11.8 Å². The van der Waals surface area contributed by atoms with E-state index in [4.69, 9.17) is 5.73 Å². The largest absolute Gasteiger partial charge is 0.329 e. The fraction of sp³-hybridized carbons (Fsp3) is 1.00. The lowest BCUT2D eigenvalue weighted by atomic mass is 9.84. The zero-order chi connectivity index (χ0) is 13.8. The van der Waals surface area contributed by atoms with E-state index >= 15 is 0 Å². The van der Waals surface area contributed by atoms with Gasteiger partial charge in [-0.05, 0) is 32.4 Å². The van der Waals surface area contributed by atoms with Crippen LogP contribution in [-0.4, -0.2) is 55.6 Å². The van der Waals surface area contributed by atoms with Gasteiger partial charge in [-0.15, -0.1) is 0 Å². The molecule has 2 fully saturated rings. The van der Waals surface area contributed by atoms with Crippen LogP contribution in [0.1, 0.15) is 45.4 Å². The standard InChI is InChI=1S/C16H33N3/c1-13-11-19(12-16(13)18(2)3)15(10-17)9-14-7-5-4-6-8-14/h13-16H,4-12,17H2,1-3H3. The van der Waals surface area contributed by atoms with E-state index in [1.165, 1.54) is 51.6 Å². The van der Waals surface area contributed by atoms with E-state index in [2.05, 4.69) is 30.8 Å². The van der Waals surface area contributed by atoms with Crippen molar-refractivity contribution in [3.8, 4) is 0 Å². The molecule has 112 valence electrons. The first kappa shape index (κ1) is 15.3. The number of nitrogens with two attached hydrogens (primary N) is 1. The van der Waals surface area contributed by atoms with E-state index in [1.54, 1.807) is 0 Å². The summed E-state index contributed by atoms with van der Waals surface area (Å²) in [5.74, 6) is 1.71. The molecular formula is C16H33N3. The van der Waals surface area contributed by atoms with Gasteiger partial charge in [0.15, 0.2) is 0 Å². The molecule has 2 aliphatic rings. The molecule has 0 spiro atoms. The van der Waals surface area contributed by atoms with Gasteiger partial charge >= 0.3 is 0 Å². The summed E-state index contributed by atoms with van der Waals surface area (Å²) in [4.78, 5) is 5.06. The van der Waals surface area contributed by atoms with Crippen LogP contribution in [0.4, 0.5) is 0 Å². The molecule has 0 amide bonds. The zero-order valence-electron chi connectivity index (χ0n) is 13.1. The number of hydrogen-bond acceptors (Lipinski definition) is 3. The lowest BCUT2D eigenvalue weighted by Crippen LogP contribution is -2.42. The second-order valence-corrected chi connectivity index (χ2v) is 7.09. The highest BCUT2D eigenvalue weighted by molar-refractivity contribution is 4.91. The van der Waals surface area contributed by atoms with Crippen LogP contribution in [0.2, 0.25) is 0 Å². The van der Waals surface area contributed by atoms with Crippen LogP contribution in [0.5, 0.6) is 0 Å². The molecule has 0 radical (unpaired) electrons. The molecule has 3 unspecified atom stereocenters. The number of hydrogen-bond donors (Lipinski definition) is 1. The SMILES string of the molecule is CC1CN(C(CN)CC2CCCCC2)CC1N(C)C. The minimum atomic E-state index is 0.621. The second-order valence-electron chi connectivity index (χ2n) is 7.09. The van der Waals surface area contributed by atoms with E-state index in [1.807, 2.05) is 0 Å². The van der Waals surface area contributed by atoms with Crippen LogP contribution >= 0.6 is 0 Å². The molecule has 3 nitrogen and oxygen atoms in total. The van der Waals surface area contributed by atoms with Gasteiger partial charge in [-0.3, -0.25) is 4.90 Å². The Labute approximate surface area is 119 Å². The quantitative estimate of drug-likeness (QED) is 0.828. The first-order valence-electron chi connectivity index (χ1n) is 8.22. The van der Waals surface area contributed by atoms with Crippen molar-refractivity contribution < 1.29 is 0 Å². The molecule has 2 rings (SSSR count). The molecule has 0 aromatic rings. The van der Waals surface area contributed by atoms with E-state index in [0.29, 0.717) is 12.1 Å². The zero-order valence-corrected chi connectivity index (χ0v) is 13.1. The average Bonchev–Trinajstić information content (AvgIpc) is 2.79. The Morgan fingerprint density at radius 2 is 1.84 bits per heavy atom. The highest BCUT2D eigenvalue weighted by atomic mass is 15.3. The lowest BCUT2D eigenvalue weighted by molar-refractivity contribution is 0.177. The third-order valence-electron chi connectivity index (χ3n) is 5.38. The van der Waals surface area contributed by atoms with Crippen molar-refractivity contribution in [2.75, 3.05) is 33.7 Å². The molecule has 3 heteroatoms. The van der Waals surface area contributed by atoms with Crippen molar-refractivity contribution in [1.82, 2.24) is 9.80 Å². The van der Waals surface area contributed by atoms with Gasteiger partial charge in [-0.2, -0.15) is 0 Å². The van der Waals surface area contributed by atoms with Gasteiger partial charge in [-0.25, -0.2) is 0 Å². The summed E-state index contributed by atoms with van der Waals surface area (Å²) in [7, 11) is 4.42. The van der Waals surface area contributed by atoms with E-state index in [0.717, 1.165) is 18.4 Å². The molecule has 0 aromatic heterocycles. The van der Waals surface area contributed by atoms with Crippen molar-refractivity contribution in [2.24, 2.45) is 17.6 Å². The Hall–Kier alpha value is -0.120. The normalized spacial score (nSPS) is 32.1. The maximum absolute atomic E-state index is 6.08. The molecular weight excluding hydrogens is 234 g/mol. The second kappa shape index (κ2) is 7.05. The van der Waals surface area contributed by atoms with Crippen LogP contribution in [0.3, 0.4) is 0 Å². The Bertz CT molecular complexity index is 261. The molecule has 1 heterocycles. The summed E-state index contributed by atoms with van der Waals surface area (Å²) in [6, 6.07) is 1.33. The van der Waals surface area contributed by atoms with Crippen LogP contribution in [-0.2, 0) is 0 Å². The smallest absolute Gasteiger partial charge is 0.0254 e. The molecule has 0 aromatic carbocycles. The fourth-order valence-electron chi connectivity index (χ4n) is 4.16. The third-order valence-corrected chi connectivity index (χ3v) is 5.38. The summed E-state index contributed by atoms with van der Waals surface area (Å²) in [6.07, 6.45) is 8.56. The molecule has 19 heavy (non-hydrogen) atoms. The third kappa shape index (κ3) is 3.93. The molecule has 1 aliphatic heterocycles. The highest BCUT2D eigenvalue weighted by Gasteiger charge is 2.35. The predicted molar refractivity (Wildman–Crippen MR) is 82.2 cm³/mol. The summed E-state index contributed by atoms with van der Waals surface area (Å²) in [5, 5.41) is 0.